The molecule has 10 heteroatoms. The van der Waals surface area contributed by atoms with Gasteiger partial charge in [-0.1, -0.05) is 22.5 Å². The third-order valence-electron chi connectivity index (χ3n) is 3.36. The highest BCUT2D eigenvalue weighted by molar-refractivity contribution is 5.95. The molecule has 0 bridgehead atoms. The van der Waals surface area contributed by atoms with E-state index >= 15 is 0 Å². The molecule has 130 valence electrons. The smallest absolute Gasteiger partial charge is 0.339 e. The molecule has 0 aliphatic heterocycles. The summed E-state index contributed by atoms with van der Waals surface area (Å²) in [5, 5.41) is 20.2. The van der Waals surface area contributed by atoms with E-state index in [0.717, 1.165) is 12.1 Å². The summed E-state index contributed by atoms with van der Waals surface area (Å²) in [7, 11) is 0. The molecule has 0 unspecified atom stereocenters. The Kier molecular flexibility index (Phi) is 4.03. The van der Waals surface area contributed by atoms with Crippen molar-refractivity contribution in [2.45, 2.75) is 19.4 Å². The predicted octanol–water partition coefficient (Wildman–Crippen LogP) is 2.93. The van der Waals surface area contributed by atoms with Crippen molar-refractivity contribution in [3.05, 3.63) is 53.3 Å². The Morgan fingerprint density at radius 1 is 1.40 bits per heavy atom. The zero-order valence-electron chi connectivity index (χ0n) is 12.8. The van der Waals surface area contributed by atoms with Crippen LogP contribution in [0.2, 0.25) is 0 Å². The van der Waals surface area contributed by atoms with Crippen LogP contribution in [0.5, 0.6) is 0 Å². The van der Waals surface area contributed by atoms with Gasteiger partial charge in [0.2, 0.25) is 5.76 Å². The van der Waals surface area contributed by atoms with Gasteiger partial charge in [0.05, 0.1) is 12.7 Å². The van der Waals surface area contributed by atoms with Gasteiger partial charge in [-0.2, -0.15) is 8.78 Å². The summed E-state index contributed by atoms with van der Waals surface area (Å²) in [5.41, 5.74) is -0.157. The Hall–Kier alpha value is -3.17. The molecule has 3 rings (SSSR count). The zero-order valence-corrected chi connectivity index (χ0v) is 12.8. The van der Waals surface area contributed by atoms with Crippen LogP contribution < -0.4 is 0 Å². The molecular weight excluding hydrogens is 341 g/mol. The molecular formula is C15H11F3N4O3. The second-order valence-corrected chi connectivity index (χ2v) is 5.34. The van der Waals surface area contributed by atoms with Gasteiger partial charge in [0.25, 0.3) is 0 Å². The standard InChI is InChI=1S/C15H11F3N4O3/c1-15(17,18)12-5-8(20-25-12)6-22-7-11(19-21-22)9-3-2-4-10(16)13(9)14(23)24/h2-5,7H,6H2,1H3,(H,23,24). The molecule has 0 aliphatic rings. The number of hydrogen-bond donors (Lipinski definition) is 1. The number of carboxylic acid groups (broad SMARTS) is 1. The van der Waals surface area contributed by atoms with E-state index in [1.165, 1.54) is 23.0 Å². The molecule has 7 nitrogen and oxygen atoms in total. The molecule has 3 aromatic rings. The first kappa shape index (κ1) is 16.7. The average Bonchev–Trinajstić information content (AvgIpc) is 3.16. The molecule has 0 amide bonds. The van der Waals surface area contributed by atoms with Gasteiger partial charge in [-0.3, -0.25) is 0 Å². The summed E-state index contributed by atoms with van der Waals surface area (Å²) < 4.78 is 45.8. The van der Waals surface area contributed by atoms with E-state index in [1.54, 1.807) is 0 Å². The van der Waals surface area contributed by atoms with Gasteiger partial charge in [0.1, 0.15) is 22.8 Å². The Balaban J connectivity index is 1.88. The maximum Gasteiger partial charge on any atom is 0.339 e. The van der Waals surface area contributed by atoms with Crippen molar-refractivity contribution in [3.63, 3.8) is 0 Å². The third-order valence-corrected chi connectivity index (χ3v) is 3.36. The Morgan fingerprint density at radius 3 is 2.80 bits per heavy atom. The lowest BCUT2D eigenvalue weighted by molar-refractivity contribution is -0.0105. The molecule has 0 saturated carbocycles. The molecule has 1 aromatic carbocycles. The summed E-state index contributed by atoms with van der Waals surface area (Å²) in [6.07, 6.45) is 1.36. The number of aromatic nitrogens is 4. The first-order valence-corrected chi connectivity index (χ1v) is 7.02. The zero-order chi connectivity index (χ0) is 18.2. The number of hydrogen-bond acceptors (Lipinski definition) is 5. The van der Waals surface area contributed by atoms with Crippen molar-refractivity contribution in [3.8, 4) is 11.3 Å². The number of carboxylic acids is 1. The minimum absolute atomic E-state index is 0.0235. The molecule has 0 saturated heterocycles. The molecule has 0 radical (unpaired) electrons. The van der Waals surface area contributed by atoms with E-state index < -0.39 is 29.0 Å². The van der Waals surface area contributed by atoms with Crippen LogP contribution in [0.1, 0.15) is 28.7 Å². The molecule has 25 heavy (non-hydrogen) atoms. The number of rotatable bonds is 5. The largest absolute Gasteiger partial charge is 0.478 e. The predicted molar refractivity (Wildman–Crippen MR) is 77.5 cm³/mol. The fourth-order valence-electron chi connectivity index (χ4n) is 2.21. The lowest BCUT2D eigenvalue weighted by atomic mass is 10.0. The van der Waals surface area contributed by atoms with Gasteiger partial charge < -0.3 is 9.63 Å². The van der Waals surface area contributed by atoms with Crippen LogP contribution >= 0.6 is 0 Å². The summed E-state index contributed by atoms with van der Waals surface area (Å²) in [5.74, 6) is -6.07. The third kappa shape index (κ3) is 3.37. The van der Waals surface area contributed by atoms with Crippen LogP contribution in [0, 0.1) is 5.82 Å². The summed E-state index contributed by atoms with van der Waals surface area (Å²) in [4.78, 5) is 11.2. The number of benzene rings is 1. The number of halogens is 3. The van der Waals surface area contributed by atoms with E-state index in [2.05, 4.69) is 20.0 Å². The van der Waals surface area contributed by atoms with Crippen LogP contribution in [0.25, 0.3) is 11.3 Å². The van der Waals surface area contributed by atoms with Crippen LogP contribution in [-0.2, 0) is 12.5 Å². The maximum absolute atomic E-state index is 13.7. The minimum atomic E-state index is -3.16. The first-order valence-electron chi connectivity index (χ1n) is 7.02. The van der Waals surface area contributed by atoms with E-state index in [9.17, 15) is 18.0 Å². The number of alkyl halides is 2. The fourth-order valence-corrected chi connectivity index (χ4v) is 2.21. The number of carbonyl (C=O) groups is 1. The topological polar surface area (TPSA) is 94.0 Å². The van der Waals surface area contributed by atoms with Crippen LogP contribution in [0.3, 0.4) is 0 Å². The Bertz CT molecular complexity index is 930. The second-order valence-electron chi connectivity index (χ2n) is 5.34. The Morgan fingerprint density at radius 2 is 2.16 bits per heavy atom. The summed E-state index contributed by atoms with van der Waals surface area (Å²) in [6.45, 7) is 0.659. The van der Waals surface area contributed by atoms with E-state index in [4.69, 9.17) is 5.11 Å². The Labute approximate surface area is 138 Å². The van der Waals surface area contributed by atoms with Crippen molar-refractivity contribution in [2.24, 2.45) is 0 Å². The highest BCUT2D eigenvalue weighted by Crippen LogP contribution is 2.28. The van der Waals surface area contributed by atoms with E-state index in [1.807, 2.05) is 0 Å². The highest BCUT2D eigenvalue weighted by Gasteiger charge is 2.30. The first-order chi connectivity index (χ1) is 11.8. The second kappa shape index (κ2) is 6.04. The van der Waals surface area contributed by atoms with Gasteiger partial charge in [0, 0.05) is 18.6 Å². The van der Waals surface area contributed by atoms with Crippen molar-refractivity contribution in [2.75, 3.05) is 0 Å². The summed E-state index contributed by atoms with van der Waals surface area (Å²) >= 11 is 0. The number of aromatic carboxylic acids is 1. The monoisotopic (exact) mass is 352 g/mol. The quantitative estimate of drug-likeness (QED) is 0.759. The molecule has 2 heterocycles. The van der Waals surface area contributed by atoms with Gasteiger partial charge in [-0.15, -0.1) is 5.10 Å². The van der Waals surface area contributed by atoms with Crippen molar-refractivity contribution < 1.29 is 27.6 Å². The highest BCUT2D eigenvalue weighted by atomic mass is 19.3. The van der Waals surface area contributed by atoms with Gasteiger partial charge >= 0.3 is 11.9 Å². The maximum atomic E-state index is 13.7. The van der Waals surface area contributed by atoms with E-state index in [-0.39, 0.29) is 23.5 Å². The molecule has 1 N–H and O–H groups in total. The number of nitrogens with zero attached hydrogens (tertiary/aromatic N) is 4. The van der Waals surface area contributed by atoms with Crippen LogP contribution in [0.15, 0.2) is 35.0 Å². The van der Waals surface area contributed by atoms with Gasteiger partial charge in [-0.05, 0) is 6.07 Å². The lowest BCUT2D eigenvalue weighted by Gasteiger charge is -2.03. The van der Waals surface area contributed by atoms with Crippen molar-refractivity contribution in [1.82, 2.24) is 20.2 Å². The fraction of sp³-hybridized carbons (Fsp3) is 0.200. The SMILES string of the molecule is CC(F)(F)c1cc(Cn2cc(-c3cccc(F)c3C(=O)O)nn2)no1. The average molecular weight is 352 g/mol. The van der Waals surface area contributed by atoms with Crippen molar-refractivity contribution >= 4 is 5.97 Å². The molecule has 0 atom stereocenters. The normalized spacial score (nSPS) is 11.7. The molecule has 0 aliphatic carbocycles. The van der Waals surface area contributed by atoms with E-state index in [0.29, 0.717) is 6.92 Å². The lowest BCUT2D eigenvalue weighted by Crippen LogP contribution is -2.05. The minimum Gasteiger partial charge on any atom is -0.478 e. The van der Waals surface area contributed by atoms with Gasteiger partial charge in [0.15, 0.2) is 0 Å². The molecule has 0 fully saturated rings. The van der Waals surface area contributed by atoms with Gasteiger partial charge in [-0.25, -0.2) is 13.9 Å². The summed E-state index contributed by atoms with van der Waals surface area (Å²) in [6, 6.07) is 4.86. The molecule has 0 spiro atoms. The van der Waals surface area contributed by atoms with Crippen LogP contribution in [-0.4, -0.2) is 31.2 Å². The van der Waals surface area contributed by atoms with Crippen molar-refractivity contribution in [1.29, 1.82) is 0 Å². The molecule has 2 aromatic heterocycles. The van der Waals surface area contributed by atoms with Crippen LogP contribution in [0.4, 0.5) is 13.2 Å².